The molecule has 0 aliphatic carbocycles. The van der Waals surface area contributed by atoms with Crippen LogP contribution in [0.4, 0.5) is 0 Å². The number of aliphatic hydroxyl groups excluding tert-OH is 1. The third kappa shape index (κ3) is 9.02. The smallest absolute Gasteiger partial charge is 0.115 e. The van der Waals surface area contributed by atoms with Gasteiger partial charge in [0.05, 0.1) is 27.4 Å². The number of aliphatic hydroxyl groups is 1. The minimum absolute atomic E-state index is 0.300. The van der Waals surface area contributed by atoms with E-state index in [9.17, 15) is 5.11 Å². The first kappa shape index (κ1) is 32.7. The first-order valence-electron chi connectivity index (χ1n) is 14.0. The lowest BCUT2D eigenvalue weighted by Crippen LogP contribution is -2.26. The maximum absolute atomic E-state index is 10.1. The Bertz CT molecular complexity index is 1210. The van der Waals surface area contributed by atoms with Gasteiger partial charge in [0, 0.05) is 17.7 Å². The lowest BCUT2D eigenvalue weighted by atomic mass is 9.96. The van der Waals surface area contributed by atoms with Crippen LogP contribution in [-0.4, -0.2) is 40.9 Å². The van der Waals surface area contributed by atoms with Gasteiger partial charge in [-0.15, -0.1) is 24.5 Å². The number of thiazole rings is 1. The zero-order valence-electron chi connectivity index (χ0n) is 24.3. The minimum Gasteiger partial charge on any atom is -0.393 e. The van der Waals surface area contributed by atoms with E-state index < -0.39 is 0 Å². The Balaban J connectivity index is 0.00000127. The Morgan fingerprint density at radius 1 is 1.26 bits per heavy atom. The molecule has 0 radical (unpaired) electrons. The van der Waals surface area contributed by atoms with Crippen LogP contribution < -0.4 is 5.32 Å². The number of thioether (sulfide) groups is 1. The van der Waals surface area contributed by atoms with Crippen molar-refractivity contribution in [2.45, 2.75) is 72.3 Å². The summed E-state index contributed by atoms with van der Waals surface area (Å²) in [6.07, 6.45) is 9.41. The topological polar surface area (TPSA) is 57.5 Å². The van der Waals surface area contributed by atoms with E-state index >= 15 is 0 Å². The van der Waals surface area contributed by atoms with Gasteiger partial charge in [0.1, 0.15) is 5.04 Å². The number of rotatable bonds is 8. The van der Waals surface area contributed by atoms with E-state index in [-0.39, 0.29) is 6.10 Å². The molecule has 1 atom stereocenters. The van der Waals surface area contributed by atoms with Crippen molar-refractivity contribution in [3.8, 4) is 0 Å². The summed E-state index contributed by atoms with van der Waals surface area (Å²) in [7, 11) is 0. The lowest BCUT2D eigenvalue weighted by Gasteiger charge is -2.20. The summed E-state index contributed by atoms with van der Waals surface area (Å²) >= 11 is 3.45. The summed E-state index contributed by atoms with van der Waals surface area (Å²) in [5.41, 5.74) is 9.32. The van der Waals surface area contributed by atoms with E-state index in [2.05, 4.69) is 62.0 Å². The number of nitrogens with one attached hydrogen (secondary N) is 1. The molecule has 3 heterocycles. The molecule has 6 heteroatoms. The van der Waals surface area contributed by atoms with Gasteiger partial charge in [0.25, 0.3) is 0 Å². The molecule has 4 nitrogen and oxygen atoms in total. The predicted molar refractivity (Wildman–Crippen MR) is 174 cm³/mol. The van der Waals surface area contributed by atoms with Crippen LogP contribution in [0.3, 0.4) is 0 Å². The number of benzene rings is 1. The highest BCUT2D eigenvalue weighted by Crippen LogP contribution is 2.36. The molecule has 210 valence electrons. The molecule has 2 aliphatic heterocycles. The third-order valence-corrected chi connectivity index (χ3v) is 9.00. The van der Waals surface area contributed by atoms with E-state index in [1.54, 1.807) is 23.1 Å². The molecule has 1 fully saturated rings. The van der Waals surface area contributed by atoms with E-state index in [1.807, 2.05) is 40.0 Å². The van der Waals surface area contributed by atoms with Gasteiger partial charge < -0.3 is 10.4 Å². The van der Waals surface area contributed by atoms with Crippen molar-refractivity contribution in [3.63, 3.8) is 0 Å². The van der Waals surface area contributed by atoms with Gasteiger partial charge in [-0.25, -0.2) is 4.98 Å². The molecule has 0 saturated carbocycles. The lowest BCUT2D eigenvalue weighted by molar-refractivity contribution is 0.171. The molecule has 39 heavy (non-hydrogen) atoms. The monoisotopic (exact) mass is 563 g/mol. The number of aliphatic imine (C=N–C) groups is 1. The van der Waals surface area contributed by atoms with E-state index in [0.717, 1.165) is 69.5 Å². The maximum Gasteiger partial charge on any atom is 0.115 e. The molecule has 1 saturated heterocycles. The second-order valence-electron chi connectivity index (χ2n) is 9.11. The van der Waals surface area contributed by atoms with Crippen LogP contribution in [0.15, 0.2) is 77.5 Å². The van der Waals surface area contributed by atoms with Crippen molar-refractivity contribution in [1.29, 1.82) is 0 Å². The summed E-state index contributed by atoms with van der Waals surface area (Å²) in [4.78, 5) is 12.0. The second-order valence-corrected chi connectivity index (χ2v) is 11.2. The fraction of sp³-hybridized carbons (Fsp3) is 0.424. The second kappa shape index (κ2) is 17.3. The molecule has 2 aliphatic rings. The molecule has 0 spiro atoms. The zero-order chi connectivity index (χ0) is 28.8. The maximum atomic E-state index is 10.1. The number of allylic oxidation sites excluding steroid dienone is 2. The Morgan fingerprint density at radius 2 is 1.97 bits per heavy atom. The molecule has 1 aromatic heterocycles. The van der Waals surface area contributed by atoms with Gasteiger partial charge in [-0.05, 0) is 74.9 Å². The highest BCUT2D eigenvalue weighted by atomic mass is 32.2. The first-order valence-corrected chi connectivity index (χ1v) is 15.6. The van der Waals surface area contributed by atoms with Crippen molar-refractivity contribution in [2.24, 2.45) is 4.99 Å². The van der Waals surface area contributed by atoms with Gasteiger partial charge in [0.2, 0.25) is 0 Å². The fourth-order valence-electron chi connectivity index (χ4n) is 4.49. The minimum atomic E-state index is -0.300. The summed E-state index contributed by atoms with van der Waals surface area (Å²) in [5.74, 6) is 0.543. The number of aryl methyl sites for hydroxylation is 1. The van der Waals surface area contributed by atoms with E-state index in [0.29, 0.717) is 18.9 Å². The van der Waals surface area contributed by atoms with Gasteiger partial charge >= 0.3 is 0 Å². The van der Waals surface area contributed by atoms with Crippen molar-refractivity contribution in [2.75, 3.05) is 19.6 Å². The largest absolute Gasteiger partial charge is 0.393 e. The average molecular weight is 564 g/mol. The SMILES string of the molecule is C=C.C=C/C(=C\C)C1=C=C(c2ccc(CC(O)CC)cc2C)CN=C(c2cnc(C3CCNCC3)s2)S1.CC. The van der Waals surface area contributed by atoms with Gasteiger partial charge in [-0.3, -0.25) is 4.99 Å². The van der Waals surface area contributed by atoms with Gasteiger partial charge in [-0.2, -0.15) is 0 Å². The van der Waals surface area contributed by atoms with Crippen molar-refractivity contribution >= 4 is 33.7 Å². The summed E-state index contributed by atoms with van der Waals surface area (Å²) < 4.78 is 0. The molecular weight excluding hydrogens is 519 g/mol. The quantitative estimate of drug-likeness (QED) is 0.193. The third-order valence-electron chi connectivity index (χ3n) is 6.62. The summed E-state index contributed by atoms with van der Waals surface area (Å²) in [6.45, 7) is 22.9. The number of piperidine rings is 1. The van der Waals surface area contributed by atoms with Crippen LogP contribution in [0, 0.1) is 6.92 Å². The molecule has 2 N–H and O–H groups in total. The van der Waals surface area contributed by atoms with Crippen molar-refractivity contribution < 1.29 is 5.11 Å². The van der Waals surface area contributed by atoms with Crippen molar-refractivity contribution in [3.05, 3.63) is 99.1 Å². The molecule has 1 unspecified atom stereocenters. The number of aromatic nitrogens is 1. The Morgan fingerprint density at radius 3 is 2.59 bits per heavy atom. The Hall–Kier alpha value is -2.47. The number of hydrogen-bond acceptors (Lipinski definition) is 6. The molecule has 1 aromatic carbocycles. The predicted octanol–water partition coefficient (Wildman–Crippen LogP) is 8.25. The van der Waals surface area contributed by atoms with E-state index in [1.165, 1.54) is 10.6 Å². The molecule has 0 amide bonds. The van der Waals surface area contributed by atoms with E-state index in [4.69, 9.17) is 9.98 Å². The van der Waals surface area contributed by atoms with Crippen LogP contribution in [0.25, 0.3) is 5.57 Å². The molecule has 2 aromatic rings. The summed E-state index contributed by atoms with van der Waals surface area (Å²) in [6, 6.07) is 6.46. The van der Waals surface area contributed by atoms with Gasteiger partial charge in [-0.1, -0.05) is 75.2 Å². The van der Waals surface area contributed by atoms with Crippen LogP contribution in [0.1, 0.15) is 79.5 Å². The highest BCUT2D eigenvalue weighted by molar-refractivity contribution is 8.18. The highest BCUT2D eigenvalue weighted by Gasteiger charge is 2.22. The Kier molecular flexibility index (Phi) is 14.5. The fourth-order valence-corrected chi connectivity index (χ4v) is 6.70. The zero-order valence-corrected chi connectivity index (χ0v) is 26.0. The average Bonchev–Trinajstić information content (AvgIpc) is 3.38. The Labute approximate surface area is 244 Å². The molecular formula is C33H45N3OS2. The number of nitrogens with zero attached hydrogens (tertiary/aromatic N) is 2. The molecule has 0 bridgehead atoms. The standard InChI is InChI=1S/C29H35N3OS2.C2H6.C2H4/c1-5-21(6-2)26-16-23(25-9-8-20(14-19(25)4)15-24(33)7-3)17-31-29(34-26)27-18-32-28(35-27)22-10-12-30-13-11-22;2*1-2/h5-6,8-9,14,18,22,24,30,33H,1,7,10-13,15,17H2,2-4H3;1-2H3;1-2H2/b21-6+;;. The first-order chi connectivity index (χ1) is 19.0. The van der Waals surface area contributed by atoms with Crippen LogP contribution >= 0.6 is 23.1 Å². The van der Waals surface area contributed by atoms with Crippen LogP contribution in [0.5, 0.6) is 0 Å². The van der Waals surface area contributed by atoms with Crippen LogP contribution in [-0.2, 0) is 6.42 Å². The van der Waals surface area contributed by atoms with Crippen LogP contribution in [0.2, 0.25) is 0 Å². The molecule has 4 rings (SSSR count). The van der Waals surface area contributed by atoms with Gasteiger partial charge in [0.15, 0.2) is 0 Å². The summed E-state index contributed by atoms with van der Waals surface area (Å²) in [5, 5.41) is 15.7. The van der Waals surface area contributed by atoms with Crippen molar-refractivity contribution in [1.82, 2.24) is 10.3 Å². The number of hydrogen-bond donors (Lipinski definition) is 2. The normalized spacial score (nSPS) is 16.8.